The lowest BCUT2D eigenvalue weighted by molar-refractivity contribution is 0.0950. The van der Waals surface area contributed by atoms with Gasteiger partial charge < -0.3 is 15.6 Å². The van der Waals surface area contributed by atoms with Crippen molar-refractivity contribution in [2.75, 3.05) is 5.73 Å². The summed E-state index contributed by atoms with van der Waals surface area (Å²) >= 11 is 0. The summed E-state index contributed by atoms with van der Waals surface area (Å²) in [6, 6.07) is 6.92. The number of rotatable bonds is 3. The van der Waals surface area contributed by atoms with Gasteiger partial charge in [-0.2, -0.15) is 0 Å². The summed E-state index contributed by atoms with van der Waals surface area (Å²) in [6.45, 7) is 2.23. The van der Waals surface area contributed by atoms with Crippen LogP contribution in [0.4, 0.5) is 5.69 Å². The summed E-state index contributed by atoms with van der Waals surface area (Å²) in [5, 5.41) is 6.43. The molecule has 0 atom stereocenters. The minimum Gasteiger partial charge on any atom is -0.398 e. The van der Waals surface area contributed by atoms with Gasteiger partial charge >= 0.3 is 0 Å². The second-order valence-corrected chi connectivity index (χ2v) is 3.74. The number of hydrogen-bond acceptors (Lipinski definition) is 4. The van der Waals surface area contributed by atoms with Crippen LogP contribution >= 0.6 is 0 Å². The van der Waals surface area contributed by atoms with Crippen molar-refractivity contribution in [1.82, 2.24) is 10.5 Å². The van der Waals surface area contributed by atoms with Crippen molar-refractivity contribution in [1.29, 1.82) is 0 Å². The highest BCUT2D eigenvalue weighted by Gasteiger charge is 2.07. The first-order valence-corrected chi connectivity index (χ1v) is 5.20. The molecule has 0 unspecified atom stereocenters. The predicted molar refractivity (Wildman–Crippen MR) is 63.3 cm³/mol. The van der Waals surface area contributed by atoms with Crippen molar-refractivity contribution in [3.8, 4) is 0 Å². The lowest BCUT2D eigenvalue weighted by atomic mass is 10.1. The number of hydrogen-bond donors (Lipinski definition) is 2. The molecular weight excluding hydrogens is 218 g/mol. The predicted octanol–water partition coefficient (Wildman–Crippen LogP) is 1.50. The summed E-state index contributed by atoms with van der Waals surface area (Å²) in [7, 11) is 0. The van der Waals surface area contributed by atoms with E-state index in [1.54, 1.807) is 18.2 Å². The summed E-state index contributed by atoms with van der Waals surface area (Å²) in [6.07, 6.45) is 1.46. The van der Waals surface area contributed by atoms with Crippen LogP contribution in [0.1, 0.15) is 21.6 Å². The molecule has 2 rings (SSSR count). The topological polar surface area (TPSA) is 81.2 Å². The van der Waals surface area contributed by atoms with Crippen LogP contribution in [0, 0.1) is 6.92 Å². The SMILES string of the molecule is Cc1ccc(C(=O)NCc2ccon2)cc1N. The number of benzene rings is 1. The molecule has 0 saturated heterocycles. The number of nitrogen functional groups attached to an aromatic ring is 1. The van der Waals surface area contributed by atoms with Gasteiger partial charge in [-0.3, -0.25) is 4.79 Å². The zero-order valence-corrected chi connectivity index (χ0v) is 9.43. The zero-order valence-electron chi connectivity index (χ0n) is 9.43. The highest BCUT2D eigenvalue weighted by molar-refractivity contribution is 5.95. The third-order valence-corrected chi connectivity index (χ3v) is 2.46. The molecule has 0 saturated carbocycles. The van der Waals surface area contributed by atoms with Crippen molar-refractivity contribution in [3.05, 3.63) is 47.3 Å². The van der Waals surface area contributed by atoms with Gasteiger partial charge in [0.25, 0.3) is 5.91 Å². The molecular formula is C12H13N3O2. The van der Waals surface area contributed by atoms with E-state index < -0.39 is 0 Å². The fourth-order valence-electron chi connectivity index (χ4n) is 1.38. The molecule has 2 aromatic rings. The Hall–Kier alpha value is -2.30. The first-order valence-electron chi connectivity index (χ1n) is 5.20. The number of anilines is 1. The highest BCUT2D eigenvalue weighted by Crippen LogP contribution is 2.12. The number of nitrogens with two attached hydrogens (primary N) is 1. The van der Waals surface area contributed by atoms with Crippen molar-refractivity contribution in [2.45, 2.75) is 13.5 Å². The summed E-state index contributed by atoms with van der Waals surface area (Å²) in [5.74, 6) is -0.181. The standard InChI is InChI=1S/C12H13N3O2/c1-8-2-3-9(6-11(8)13)12(16)14-7-10-4-5-17-15-10/h2-6H,7,13H2,1H3,(H,14,16). The molecule has 0 bridgehead atoms. The fraction of sp³-hybridized carbons (Fsp3) is 0.167. The van der Waals surface area contributed by atoms with Gasteiger partial charge in [-0.05, 0) is 24.6 Å². The Bertz CT molecular complexity index is 521. The maximum Gasteiger partial charge on any atom is 0.251 e. The summed E-state index contributed by atoms with van der Waals surface area (Å²) in [5.41, 5.74) is 8.53. The molecule has 5 heteroatoms. The minimum absolute atomic E-state index is 0.181. The van der Waals surface area contributed by atoms with Crippen LogP contribution in [-0.4, -0.2) is 11.1 Å². The third kappa shape index (κ3) is 2.63. The van der Waals surface area contributed by atoms with Gasteiger partial charge in [0.15, 0.2) is 0 Å². The Kier molecular flexibility index (Phi) is 3.09. The Balaban J connectivity index is 2.02. The molecule has 1 heterocycles. The van der Waals surface area contributed by atoms with Crippen LogP contribution in [0.3, 0.4) is 0 Å². The average molecular weight is 231 g/mol. The van der Waals surface area contributed by atoms with Gasteiger partial charge in [-0.1, -0.05) is 11.2 Å². The Labute approximate surface area is 98.6 Å². The summed E-state index contributed by atoms with van der Waals surface area (Å²) in [4.78, 5) is 11.8. The maximum atomic E-state index is 11.8. The van der Waals surface area contributed by atoms with E-state index in [1.165, 1.54) is 6.26 Å². The van der Waals surface area contributed by atoms with Crippen LogP contribution in [-0.2, 0) is 6.54 Å². The fourth-order valence-corrected chi connectivity index (χ4v) is 1.38. The summed E-state index contributed by atoms with van der Waals surface area (Å²) < 4.78 is 4.67. The highest BCUT2D eigenvalue weighted by atomic mass is 16.5. The Morgan fingerprint density at radius 2 is 2.29 bits per heavy atom. The molecule has 0 spiro atoms. The van der Waals surface area contributed by atoms with E-state index in [2.05, 4.69) is 15.0 Å². The first kappa shape index (κ1) is 11.2. The van der Waals surface area contributed by atoms with Gasteiger partial charge in [-0.25, -0.2) is 0 Å². The monoisotopic (exact) mass is 231 g/mol. The number of amides is 1. The van der Waals surface area contributed by atoms with Gasteiger partial charge in [0.05, 0.1) is 6.54 Å². The van der Waals surface area contributed by atoms with E-state index in [4.69, 9.17) is 5.73 Å². The molecule has 0 aliphatic heterocycles. The molecule has 0 aliphatic carbocycles. The van der Waals surface area contributed by atoms with Crippen molar-refractivity contribution >= 4 is 11.6 Å². The molecule has 17 heavy (non-hydrogen) atoms. The van der Waals surface area contributed by atoms with E-state index in [1.807, 2.05) is 13.0 Å². The van der Waals surface area contributed by atoms with Crippen LogP contribution in [0.25, 0.3) is 0 Å². The maximum absolute atomic E-state index is 11.8. The number of aryl methyl sites for hydroxylation is 1. The zero-order chi connectivity index (χ0) is 12.3. The molecule has 0 aliphatic rings. The van der Waals surface area contributed by atoms with Gasteiger partial charge in [0.1, 0.15) is 12.0 Å². The quantitative estimate of drug-likeness (QED) is 0.784. The molecule has 0 fully saturated rings. The molecule has 1 amide bonds. The molecule has 1 aromatic carbocycles. The molecule has 5 nitrogen and oxygen atoms in total. The molecule has 88 valence electrons. The molecule has 1 aromatic heterocycles. The molecule has 0 radical (unpaired) electrons. The van der Waals surface area contributed by atoms with Crippen molar-refractivity contribution < 1.29 is 9.32 Å². The average Bonchev–Trinajstić information content (AvgIpc) is 2.82. The van der Waals surface area contributed by atoms with Crippen LogP contribution < -0.4 is 11.1 Å². The van der Waals surface area contributed by atoms with E-state index >= 15 is 0 Å². The third-order valence-electron chi connectivity index (χ3n) is 2.46. The number of aromatic nitrogens is 1. The molecule has 3 N–H and O–H groups in total. The normalized spacial score (nSPS) is 10.2. The van der Waals surface area contributed by atoms with Gasteiger partial charge in [0.2, 0.25) is 0 Å². The Morgan fingerprint density at radius 1 is 1.47 bits per heavy atom. The van der Waals surface area contributed by atoms with E-state index in [-0.39, 0.29) is 5.91 Å². The number of nitrogens with one attached hydrogen (secondary N) is 1. The van der Waals surface area contributed by atoms with Gasteiger partial charge in [0, 0.05) is 17.3 Å². The lowest BCUT2D eigenvalue weighted by Crippen LogP contribution is -2.23. The number of nitrogens with zero attached hydrogens (tertiary/aromatic N) is 1. The van der Waals surface area contributed by atoms with Crippen LogP contribution in [0.15, 0.2) is 35.1 Å². The lowest BCUT2D eigenvalue weighted by Gasteiger charge is -2.05. The number of carbonyl (C=O) groups is 1. The Morgan fingerprint density at radius 3 is 2.94 bits per heavy atom. The second-order valence-electron chi connectivity index (χ2n) is 3.74. The van der Waals surface area contributed by atoms with E-state index in [0.29, 0.717) is 23.5 Å². The van der Waals surface area contributed by atoms with Crippen LogP contribution in [0.2, 0.25) is 0 Å². The number of carbonyl (C=O) groups excluding carboxylic acids is 1. The largest absolute Gasteiger partial charge is 0.398 e. The van der Waals surface area contributed by atoms with E-state index in [0.717, 1.165) is 5.56 Å². The van der Waals surface area contributed by atoms with Crippen LogP contribution in [0.5, 0.6) is 0 Å². The van der Waals surface area contributed by atoms with E-state index in [9.17, 15) is 4.79 Å². The van der Waals surface area contributed by atoms with Crippen molar-refractivity contribution in [3.63, 3.8) is 0 Å². The smallest absolute Gasteiger partial charge is 0.251 e. The second kappa shape index (κ2) is 4.69. The first-order chi connectivity index (χ1) is 8.16. The van der Waals surface area contributed by atoms with Crippen molar-refractivity contribution in [2.24, 2.45) is 0 Å². The van der Waals surface area contributed by atoms with Gasteiger partial charge in [-0.15, -0.1) is 0 Å². The minimum atomic E-state index is -0.181.